The minimum absolute atomic E-state index is 0.00765. The van der Waals surface area contributed by atoms with Crippen molar-refractivity contribution in [3.63, 3.8) is 0 Å². The van der Waals surface area contributed by atoms with Crippen LogP contribution in [0.25, 0.3) is 22.1 Å². The molecule has 5 heterocycles. The van der Waals surface area contributed by atoms with Gasteiger partial charge in [-0.1, -0.05) is 48.7 Å². The molecule has 1 saturated heterocycles. The van der Waals surface area contributed by atoms with Gasteiger partial charge in [-0.15, -0.1) is 26.6 Å². The van der Waals surface area contributed by atoms with Crippen LogP contribution in [0, 0.1) is 33.6 Å². The third-order valence-corrected chi connectivity index (χ3v) is 13.8. The number of aromatic hydroxyl groups is 3. The first-order chi connectivity index (χ1) is 30.3. The summed E-state index contributed by atoms with van der Waals surface area (Å²) in [7, 11) is 0. The zero-order valence-corrected chi connectivity index (χ0v) is 38.1. The second kappa shape index (κ2) is 18.6. The largest absolute Gasteiger partial charge is 0.508 e. The number of halogens is 1. The molecule has 63 heavy (non-hydrogen) atoms. The number of aromatic nitrogens is 6. The summed E-state index contributed by atoms with van der Waals surface area (Å²) in [5.41, 5.74) is 7.99. The summed E-state index contributed by atoms with van der Waals surface area (Å²) in [6, 6.07) is 15.9. The summed E-state index contributed by atoms with van der Waals surface area (Å²) < 4.78 is 9.54. The van der Waals surface area contributed by atoms with Crippen LogP contribution in [0.2, 0.25) is 5.02 Å². The van der Waals surface area contributed by atoms with Crippen molar-refractivity contribution in [3.05, 3.63) is 110 Å². The number of amides is 1. The van der Waals surface area contributed by atoms with Crippen molar-refractivity contribution in [2.75, 3.05) is 39.4 Å². The second-order valence-corrected chi connectivity index (χ2v) is 18.6. The SMILES string of the molecule is Cc1cc(-n2c(O)nnc2-c2cc(C(C)C)c(O)cc2O)ccc1CC1CCN(CCOCCNC(=O)C[C@@H]2N=C(c3ccc(Cl)cc3)c3c(sc(C)c3C)-n3c(C)nnc32)CC1. The number of aliphatic imine (C=N–C) groups is 1. The first kappa shape index (κ1) is 44.0. The van der Waals surface area contributed by atoms with Gasteiger partial charge in [-0.05, 0) is 124 Å². The Bertz CT molecular complexity index is 2660. The van der Waals surface area contributed by atoms with Gasteiger partial charge in [0.05, 0.1) is 36.6 Å². The normalized spacial score (nSPS) is 15.6. The molecule has 3 aromatic heterocycles. The molecule has 6 aromatic rings. The molecule has 2 aliphatic heterocycles. The predicted molar refractivity (Wildman–Crippen MR) is 245 cm³/mol. The summed E-state index contributed by atoms with van der Waals surface area (Å²) >= 11 is 7.93. The van der Waals surface area contributed by atoms with Crippen molar-refractivity contribution in [1.82, 2.24) is 39.7 Å². The van der Waals surface area contributed by atoms with Crippen LogP contribution in [0.4, 0.5) is 0 Å². The number of hydrogen-bond donors (Lipinski definition) is 4. The van der Waals surface area contributed by atoms with Gasteiger partial charge in [0.15, 0.2) is 11.6 Å². The molecule has 0 saturated carbocycles. The number of phenols is 2. The van der Waals surface area contributed by atoms with Gasteiger partial charge in [-0.25, -0.2) is 4.57 Å². The molecule has 16 heteroatoms. The number of phenolic OH excluding ortho intramolecular Hbond substituents is 2. The smallest absolute Gasteiger partial charge is 0.319 e. The van der Waals surface area contributed by atoms with E-state index in [4.69, 9.17) is 21.3 Å². The van der Waals surface area contributed by atoms with E-state index in [1.807, 2.05) is 57.2 Å². The number of fused-ring (bicyclic) bond motifs is 3. The molecular weight excluding hydrogens is 838 g/mol. The summed E-state index contributed by atoms with van der Waals surface area (Å²) in [6.07, 6.45) is 3.23. The fraction of sp³-hybridized carbons (Fsp3) is 0.404. The maximum absolute atomic E-state index is 13.4. The maximum Gasteiger partial charge on any atom is 0.319 e. The molecule has 0 spiro atoms. The van der Waals surface area contributed by atoms with Crippen molar-refractivity contribution >= 4 is 34.6 Å². The Morgan fingerprint density at radius 2 is 1.68 bits per heavy atom. The third-order valence-electron chi connectivity index (χ3n) is 12.3. The second-order valence-electron chi connectivity index (χ2n) is 16.9. The number of thiophene rings is 1. The lowest BCUT2D eigenvalue weighted by Crippen LogP contribution is -2.37. The first-order valence-corrected chi connectivity index (χ1v) is 22.7. The third kappa shape index (κ3) is 9.24. The number of nitrogens with zero attached hydrogens (tertiary/aromatic N) is 8. The number of aryl methyl sites for hydroxylation is 3. The Morgan fingerprint density at radius 1 is 0.921 bits per heavy atom. The number of hydrogen-bond acceptors (Lipinski definition) is 12. The molecule has 8 rings (SSSR count). The van der Waals surface area contributed by atoms with Crippen molar-refractivity contribution in [2.24, 2.45) is 10.9 Å². The van der Waals surface area contributed by atoms with Crippen molar-refractivity contribution in [1.29, 1.82) is 0 Å². The van der Waals surface area contributed by atoms with Crippen molar-refractivity contribution in [3.8, 4) is 39.6 Å². The molecule has 1 atom stereocenters. The standard InChI is InChI=1S/C47H54ClN9O5S/c1-26(2)36-23-37(40(59)25-39(36)58)44-52-54-47(61)57(44)35-12-9-33(27(3)21-35)22-31-13-16-55(17-14-31)18-20-62-19-15-49-41(60)24-38-45-53-51-30(6)56(45)46-42(28(4)29(5)63-46)43(50-38)32-7-10-34(48)11-8-32/h7-12,21,23,25-26,31,38,58-59H,13-20,22,24H2,1-6H3,(H,49,60)(H,54,61)/t38-/m0/s1. The van der Waals surface area contributed by atoms with Crippen LogP contribution in [0.5, 0.6) is 17.5 Å². The zero-order chi connectivity index (χ0) is 44.5. The molecule has 1 fully saturated rings. The lowest BCUT2D eigenvalue weighted by Gasteiger charge is -2.32. The predicted octanol–water partition coefficient (Wildman–Crippen LogP) is 8.07. The number of piperidine rings is 1. The van der Waals surface area contributed by atoms with E-state index in [0.717, 1.165) is 77.7 Å². The van der Waals surface area contributed by atoms with Crippen molar-refractivity contribution < 1.29 is 24.9 Å². The van der Waals surface area contributed by atoms with E-state index in [0.29, 0.717) is 53.3 Å². The van der Waals surface area contributed by atoms with E-state index in [1.54, 1.807) is 17.4 Å². The Balaban J connectivity index is 0.803. The van der Waals surface area contributed by atoms with Gasteiger partial charge < -0.3 is 30.3 Å². The fourth-order valence-electron chi connectivity index (χ4n) is 8.64. The maximum atomic E-state index is 13.4. The molecule has 330 valence electrons. The van der Waals surface area contributed by atoms with E-state index < -0.39 is 6.04 Å². The number of ether oxygens (including phenoxy) is 1. The fourth-order valence-corrected chi connectivity index (χ4v) is 9.98. The highest BCUT2D eigenvalue weighted by atomic mass is 35.5. The molecule has 3 aromatic carbocycles. The highest BCUT2D eigenvalue weighted by molar-refractivity contribution is 7.15. The van der Waals surface area contributed by atoms with E-state index in [9.17, 15) is 20.1 Å². The van der Waals surface area contributed by atoms with E-state index in [-0.39, 0.29) is 41.6 Å². The van der Waals surface area contributed by atoms with E-state index >= 15 is 0 Å². The molecule has 0 radical (unpaired) electrons. The molecule has 1 amide bonds. The Hall–Kier alpha value is -5.61. The number of rotatable bonds is 14. The summed E-state index contributed by atoms with van der Waals surface area (Å²) in [5, 5.41) is 53.5. The molecule has 0 unspecified atom stereocenters. The summed E-state index contributed by atoms with van der Waals surface area (Å²) in [4.78, 5) is 22.2. The van der Waals surface area contributed by atoms with E-state index in [1.165, 1.54) is 21.1 Å². The van der Waals surface area contributed by atoms with Gasteiger partial charge in [-0.3, -0.25) is 14.4 Å². The highest BCUT2D eigenvalue weighted by Gasteiger charge is 2.32. The molecule has 2 aliphatic rings. The molecular formula is C47H54ClN9O5S. The monoisotopic (exact) mass is 891 g/mol. The molecule has 14 nitrogen and oxygen atoms in total. The van der Waals surface area contributed by atoms with Crippen LogP contribution in [0.1, 0.15) is 95.0 Å². The van der Waals surface area contributed by atoms with Crippen LogP contribution >= 0.6 is 22.9 Å². The Kier molecular flexibility index (Phi) is 13.0. The first-order valence-electron chi connectivity index (χ1n) is 21.5. The zero-order valence-electron chi connectivity index (χ0n) is 36.5. The number of carbonyl (C=O) groups excluding carboxylic acids is 1. The van der Waals surface area contributed by atoms with Crippen LogP contribution in [-0.2, 0) is 16.0 Å². The number of carbonyl (C=O) groups is 1. The topological polar surface area (TPSA) is 176 Å². The van der Waals surface area contributed by atoms with Crippen LogP contribution in [-0.4, -0.2) is 101 Å². The highest BCUT2D eigenvalue weighted by Crippen LogP contribution is 2.41. The van der Waals surface area contributed by atoms with Gasteiger partial charge in [0.25, 0.3) is 0 Å². The average Bonchev–Trinajstić information content (AvgIpc) is 3.89. The number of likely N-dealkylation sites (tertiary alicyclic amines) is 1. The number of benzene rings is 3. The lowest BCUT2D eigenvalue weighted by atomic mass is 9.88. The van der Waals surface area contributed by atoms with Crippen LogP contribution in [0.15, 0.2) is 59.6 Å². The molecule has 0 bridgehead atoms. The van der Waals surface area contributed by atoms with Gasteiger partial charge in [0, 0.05) is 40.2 Å². The number of nitrogens with one attached hydrogen (secondary N) is 1. The average molecular weight is 893 g/mol. The van der Waals surface area contributed by atoms with E-state index in [2.05, 4.69) is 62.0 Å². The van der Waals surface area contributed by atoms with Gasteiger partial charge >= 0.3 is 6.01 Å². The summed E-state index contributed by atoms with van der Waals surface area (Å²) in [5.74, 6) is 1.98. The summed E-state index contributed by atoms with van der Waals surface area (Å²) in [6.45, 7) is 16.3. The Morgan fingerprint density at radius 3 is 2.41 bits per heavy atom. The van der Waals surface area contributed by atoms with Gasteiger partial charge in [-0.2, -0.15) is 0 Å². The molecule has 4 N–H and O–H groups in total. The Labute approximate surface area is 376 Å². The van der Waals surface area contributed by atoms with Gasteiger partial charge in [0.2, 0.25) is 5.91 Å². The van der Waals surface area contributed by atoms with Crippen molar-refractivity contribution in [2.45, 2.75) is 79.2 Å². The molecule has 0 aliphatic carbocycles. The van der Waals surface area contributed by atoms with Crippen LogP contribution < -0.4 is 5.32 Å². The van der Waals surface area contributed by atoms with Crippen LogP contribution in [0.3, 0.4) is 0 Å². The lowest BCUT2D eigenvalue weighted by molar-refractivity contribution is -0.121. The minimum atomic E-state index is -0.530. The van der Waals surface area contributed by atoms with Gasteiger partial charge in [0.1, 0.15) is 28.4 Å². The minimum Gasteiger partial charge on any atom is -0.508 e. The quantitative estimate of drug-likeness (QED) is 0.0783.